The van der Waals surface area contributed by atoms with Gasteiger partial charge in [-0.1, -0.05) is 18.2 Å². The highest BCUT2D eigenvalue weighted by molar-refractivity contribution is 5.80. The van der Waals surface area contributed by atoms with E-state index in [-0.39, 0.29) is 12.1 Å². The maximum Gasteiger partial charge on any atom is 0.407 e. The predicted molar refractivity (Wildman–Crippen MR) is 115 cm³/mol. The minimum Gasteiger partial charge on any atom is -0.493 e. The maximum absolute atomic E-state index is 12.1. The first-order chi connectivity index (χ1) is 13.9. The van der Waals surface area contributed by atoms with Gasteiger partial charge in [-0.15, -0.1) is 0 Å². The summed E-state index contributed by atoms with van der Waals surface area (Å²) in [5, 5.41) is 6.38. The van der Waals surface area contributed by atoms with Crippen LogP contribution in [0.25, 0.3) is 0 Å². The molecule has 1 aromatic carbocycles. The fraction of sp³-hybridized carbons (Fsp3) is 0.636. The Hall–Kier alpha value is -2.44. The summed E-state index contributed by atoms with van der Waals surface area (Å²) in [6.07, 6.45) is 1.50. The quantitative estimate of drug-likeness (QED) is 0.598. The van der Waals surface area contributed by atoms with Crippen LogP contribution in [0.15, 0.2) is 29.3 Å². The van der Waals surface area contributed by atoms with Crippen LogP contribution in [-0.2, 0) is 4.74 Å². The van der Waals surface area contributed by atoms with Crippen molar-refractivity contribution in [3.63, 3.8) is 0 Å². The summed E-state index contributed by atoms with van der Waals surface area (Å²) < 4.78 is 11.1. The van der Waals surface area contributed by atoms with Crippen molar-refractivity contribution in [1.29, 1.82) is 0 Å². The van der Waals surface area contributed by atoms with E-state index < -0.39 is 5.60 Å². The van der Waals surface area contributed by atoms with Crippen molar-refractivity contribution in [3.05, 3.63) is 29.8 Å². The van der Waals surface area contributed by atoms with Crippen molar-refractivity contribution in [2.24, 2.45) is 4.99 Å². The topological polar surface area (TPSA) is 75.2 Å². The van der Waals surface area contributed by atoms with Crippen LogP contribution in [0.4, 0.5) is 4.79 Å². The van der Waals surface area contributed by atoms with Crippen molar-refractivity contribution in [1.82, 2.24) is 15.5 Å². The molecule has 160 valence electrons. The molecular formula is C22H34N4O3. The van der Waals surface area contributed by atoms with Gasteiger partial charge in [0.25, 0.3) is 0 Å². The third kappa shape index (κ3) is 6.02. The first-order valence-electron chi connectivity index (χ1n) is 10.6. The van der Waals surface area contributed by atoms with Crippen LogP contribution in [0.5, 0.6) is 5.75 Å². The minimum atomic E-state index is -0.487. The molecule has 0 spiro atoms. The number of likely N-dealkylation sites (tertiary alicyclic amines) is 1. The Morgan fingerprint density at radius 2 is 2.10 bits per heavy atom. The number of aliphatic imine (C=N–C) groups is 1. The van der Waals surface area contributed by atoms with Crippen LogP contribution < -0.4 is 15.4 Å². The van der Waals surface area contributed by atoms with Crippen molar-refractivity contribution in [2.45, 2.75) is 58.1 Å². The second-order valence-electron chi connectivity index (χ2n) is 8.64. The van der Waals surface area contributed by atoms with Crippen LogP contribution in [0.3, 0.4) is 0 Å². The van der Waals surface area contributed by atoms with Gasteiger partial charge in [-0.05, 0) is 52.2 Å². The lowest BCUT2D eigenvalue weighted by Gasteiger charge is -2.26. The largest absolute Gasteiger partial charge is 0.493 e. The molecule has 2 unspecified atom stereocenters. The highest BCUT2D eigenvalue weighted by atomic mass is 16.6. The number of nitrogens with zero attached hydrogens (tertiary/aromatic N) is 2. The molecule has 0 aliphatic carbocycles. The number of rotatable bonds is 4. The number of alkyl carbamates (subject to hydrolysis) is 1. The van der Waals surface area contributed by atoms with E-state index in [4.69, 9.17) is 14.5 Å². The van der Waals surface area contributed by atoms with Gasteiger partial charge in [0.05, 0.1) is 12.6 Å². The highest BCUT2D eigenvalue weighted by Crippen LogP contribution is 2.33. The summed E-state index contributed by atoms with van der Waals surface area (Å²) in [6, 6.07) is 8.30. The number of para-hydroxylation sites is 1. The van der Waals surface area contributed by atoms with Crippen LogP contribution in [0.2, 0.25) is 0 Å². The zero-order chi connectivity index (χ0) is 20.9. The summed E-state index contributed by atoms with van der Waals surface area (Å²) in [5.74, 6) is 2.25. The van der Waals surface area contributed by atoms with Gasteiger partial charge in [0, 0.05) is 32.1 Å². The van der Waals surface area contributed by atoms with Gasteiger partial charge >= 0.3 is 6.09 Å². The number of hydrogen-bond acceptors (Lipinski definition) is 4. The first kappa shape index (κ1) is 21.3. The normalized spacial score (nSPS) is 21.9. The Balaban J connectivity index is 1.60. The van der Waals surface area contributed by atoms with E-state index in [2.05, 4.69) is 34.6 Å². The van der Waals surface area contributed by atoms with Gasteiger partial charge in [-0.25, -0.2) is 4.79 Å². The van der Waals surface area contributed by atoms with E-state index in [9.17, 15) is 4.79 Å². The standard InChI is InChI=1S/C22H34N4O3/c1-5-23-20(24-14-16-11-13-28-19-9-7-6-8-18(16)19)26-12-10-17(15-26)25-21(27)29-22(2,3)4/h6-9,16-17H,5,10-15H2,1-4H3,(H,23,24)(H,25,27). The van der Waals surface area contributed by atoms with E-state index >= 15 is 0 Å². The lowest BCUT2D eigenvalue weighted by molar-refractivity contribution is 0.0507. The fourth-order valence-electron chi connectivity index (χ4n) is 3.77. The number of carbonyl (C=O) groups is 1. The number of nitrogens with one attached hydrogen (secondary N) is 2. The van der Waals surface area contributed by atoms with E-state index in [1.165, 1.54) is 5.56 Å². The molecule has 0 aromatic heterocycles. The van der Waals surface area contributed by atoms with Gasteiger partial charge in [0.15, 0.2) is 5.96 Å². The molecule has 0 saturated carbocycles. The second kappa shape index (κ2) is 9.37. The molecule has 2 heterocycles. The van der Waals surface area contributed by atoms with Gasteiger partial charge < -0.3 is 25.0 Å². The molecule has 29 heavy (non-hydrogen) atoms. The molecule has 3 rings (SSSR count). The molecule has 7 nitrogen and oxygen atoms in total. The Labute approximate surface area is 173 Å². The maximum atomic E-state index is 12.1. The van der Waals surface area contributed by atoms with Gasteiger partial charge in [-0.3, -0.25) is 4.99 Å². The lowest BCUT2D eigenvalue weighted by Crippen LogP contribution is -2.44. The lowest BCUT2D eigenvalue weighted by atomic mass is 9.93. The van der Waals surface area contributed by atoms with Crippen LogP contribution in [0.1, 0.15) is 52.0 Å². The van der Waals surface area contributed by atoms with Gasteiger partial charge in [0.1, 0.15) is 11.4 Å². The average molecular weight is 403 g/mol. The molecular weight excluding hydrogens is 368 g/mol. The van der Waals surface area contributed by atoms with E-state index in [0.717, 1.165) is 57.3 Å². The number of amides is 1. The minimum absolute atomic E-state index is 0.0671. The highest BCUT2D eigenvalue weighted by Gasteiger charge is 2.28. The fourth-order valence-corrected chi connectivity index (χ4v) is 3.77. The molecule has 1 aromatic rings. The number of ether oxygens (including phenoxy) is 2. The van der Waals surface area contributed by atoms with Crippen LogP contribution in [0, 0.1) is 0 Å². The number of benzene rings is 1. The molecule has 7 heteroatoms. The molecule has 0 radical (unpaired) electrons. The Kier molecular flexibility index (Phi) is 6.87. The van der Waals surface area contributed by atoms with E-state index in [0.29, 0.717) is 5.92 Å². The van der Waals surface area contributed by atoms with Gasteiger partial charge in [-0.2, -0.15) is 0 Å². The number of hydrogen-bond donors (Lipinski definition) is 2. The molecule has 2 atom stereocenters. The number of guanidine groups is 1. The third-order valence-corrected chi connectivity index (χ3v) is 5.09. The Morgan fingerprint density at radius 1 is 1.31 bits per heavy atom. The first-order valence-corrected chi connectivity index (χ1v) is 10.6. The van der Waals surface area contributed by atoms with Crippen LogP contribution in [-0.4, -0.2) is 61.4 Å². The van der Waals surface area contributed by atoms with Crippen molar-refractivity contribution in [2.75, 3.05) is 32.8 Å². The SMILES string of the molecule is CCNC(=NCC1CCOc2ccccc21)N1CCC(NC(=O)OC(C)(C)C)C1. The number of fused-ring (bicyclic) bond motifs is 1. The molecule has 2 N–H and O–H groups in total. The molecule has 1 fully saturated rings. The summed E-state index contributed by atoms with van der Waals surface area (Å²) in [6.45, 7) is 11.6. The Bertz CT molecular complexity index is 729. The monoisotopic (exact) mass is 402 g/mol. The summed E-state index contributed by atoms with van der Waals surface area (Å²) >= 11 is 0. The smallest absolute Gasteiger partial charge is 0.407 e. The molecule has 2 aliphatic rings. The van der Waals surface area contributed by atoms with Crippen molar-refractivity contribution in [3.8, 4) is 5.75 Å². The average Bonchev–Trinajstić information content (AvgIpc) is 3.11. The molecule has 2 aliphatic heterocycles. The summed E-state index contributed by atoms with van der Waals surface area (Å²) in [4.78, 5) is 19.2. The van der Waals surface area contributed by atoms with Gasteiger partial charge in [0.2, 0.25) is 0 Å². The third-order valence-electron chi connectivity index (χ3n) is 5.09. The second-order valence-corrected chi connectivity index (χ2v) is 8.64. The molecule has 0 bridgehead atoms. The summed E-state index contributed by atoms with van der Waals surface area (Å²) in [7, 11) is 0. The zero-order valence-electron chi connectivity index (χ0n) is 18.0. The molecule has 1 amide bonds. The van der Waals surface area contributed by atoms with E-state index in [1.54, 1.807) is 0 Å². The molecule has 1 saturated heterocycles. The van der Waals surface area contributed by atoms with Crippen molar-refractivity contribution >= 4 is 12.1 Å². The Morgan fingerprint density at radius 3 is 2.86 bits per heavy atom. The van der Waals surface area contributed by atoms with Crippen LogP contribution >= 0.6 is 0 Å². The predicted octanol–water partition coefficient (Wildman–Crippen LogP) is 3.12. The number of carbonyl (C=O) groups excluding carboxylic acids is 1. The van der Waals surface area contributed by atoms with Crippen molar-refractivity contribution < 1.29 is 14.3 Å². The summed E-state index contributed by atoms with van der Waals surface area (Å²) in [5.41, 5.74) is 0.753. The van der Waals surface area contributed by atoms with E-state index in [1.807, 2.05) is 32.9 Å². The zero-order valence-corrected chi connectivity index (χ0v) is 18.0.